The maximum Gasteiger partial charge on any atom is 0.227 e. The minimum Gasteiger partial charge on any atom is -0.493 e. The van der Waals surface area contributed by atoms with Crippen LogP contribution in [0.4, 0.5) is 5.69 Å². The predicted molar refractivity (Wildman–Crippen MR) is 143 cm³/mol. The zero-order valence-corrected chi connectivity index (χ0v) is 20.9. The predicted octanol–water partition coefficient (Wildman–Crippen LogP) is 6.03. The summed E-state index contributed by atoms with van der Waals surface area (Å²) >= 11 is 6.04. The molecule has 1 amide bonds. The summed E-state index contributed by atoms with van der Waals surface area (Å²) in [5, 5.41) is 0.649. The first-order valence-electron chi connectivity index (χ1n) is 12.0. The van der Waals surface area contributed by atoms with Crippen molar-refractivity contribution in [2.45, 2.75) is 25.3 Å². The number of aromatic nitrogens is 2. The van der Waals surface area contributed by atoms with E-state index in [0.717, 1.165) is 34.5 Å². The number of imidazole rings is 1. The summed E-state index contributed by atoms with van der Waals surface area (Å²) in [6.07, 6.45) is 3.04. The highest BCUT2D eigenvalue weighted by Gasteiger charge is 2.34. The molecule has 0 aliphatic carbocycles. The lowest BCUT2D eigenvalue weighted by Gasteiger charge is -2.18. The van der Waals surface area contributed by atoms with Crippen LogP contribution in [0, 0.1) is 0 Å². The van der Waals surface area contributed by atoms with Crippen molar-refractivity contribution in [1.82, 2.24) is 9.55 Å². The molecule has 6 nitrogen and oxygen atoms in total. The van der Waals surface area contributed by atoms with E-state index in [1.807, 2.05) is 71.6 Å². The summed E-state index contributed by atoms with van der Waals surface area (Å²) < 4.78 is 13.9. The van der Waals surface area contributed by atoms with Gasteiger partial charge in [-0.25, -0.2) is 4.98 Å². The van der Waals surface area contributed by atoms with Gasteiger partial charge in [0.15, 0.2) is 11.5 Å². The highest BCUT2D eigenvalue weighted by molar-refractivity contribution is 6.30. The van der Waals surface area contributed by atoms with Gasteiger partial charge >= 0.3 is 0 Å². The van der Waals surface area contributed by atoms with Gasteiger partial charge in [-0.1, -0.05) is 35.9 Å². The van der Waals surface area contributed by atoms with Gasteiger partial charge in [-0.15, -0.1) is 6.58 Å². The number of amides is 1. The van der Waals surface area contributed by atoms with Crippen molar-refractivity contribution in [1.29, 1.82) is 0 Å². The molecule has 1 saturated heterocycles. The van der Waals surface area contributed by atoms with E-state index in [-0.39, 0.29) is 11.8 Å². The molecule has 1 aliphatic heterocycles. The molecule has 0 N–H and O–H groups in total. The number of anilines is 1. The highest BCUT2D eigenvalue weighted by Crippen LogP contribution is 2.34. The quantitative estimate of drug-likeness (QED) is 0.263. The second kappa shape index (κ2) is 10.5. The molecule has 1 atom stereocenters. The van der Waals surface area contributed by atoms with Crippen LogP contribution in [0.25, 0.3) is 11.0 Å². The Morgan fingerprint density at radius 1 is 1.11 bits per heavy atom. The normalized spacial score (nSPS) is 15.4. The number of allylic oxidation sites excluding steroid dienone is 1. The number of carbonyl (C=O) groups is 1. The summed E-state index contributed by atoms with van der Waals surface area (Å²) in [5.74, 6) is 2.36. The van der Waals surface area contributed by atoms with Crippen LogP contribution >= 0.6 is 11.6 Å². The molecule has 36 heavy (non-hydrogen) atoms. The molecule has 0 spiro atoms. The lowest BCUT2D eigenvalue weighted by atomic mass is 10.1. The molecule has 1 aliphatic rings. The van der Waals surface area contributed by atoms with Gasteiger partial charge in [-0.05, 0) is 60.5 Å². The maximum absolute atomic E-state index is 12.9. The molecule has 4 aromatic rings. The van der Waals surface area contributed by atoms with Crippen LogP contribution in [0.15, 0.2) is 79.4 Å². The number of para-hydroxylation sites is 2. The van der Waals surface area contributed by atoms with Crippen LogP contribution in [0.2, 0.25) is 5.02 Å². The molecule has 1 unspecified atom stereocenters. The fraction of sp³-hybridized carbons (Fsp3) is 0.241. The average molecular weight is 502 g/mol. The van der Waals surface area contributed by atoms with Gasteiger partial charge in [0.25, 0.3) is 0 Å². The molecule has 5 rings (SSSR count). The van der Waals surface area contributed by atoms with Crippen molar-refractivity contribution in [3.05, 3.63) is 95.8 Å². The van der Waals surface area contributed by atoms with Gasteiger partial charge < -0.3 is 18.9 Å². The van der Waals surface area contributed by atoms with Crippen LogP contribution in [-0.2, 0) is 17.8 Å². The third-order valence-corrected chi connectivity index (χ3v) is 6.75. The summed E-state index contributed by atoms with van der Waals surface area (Å²) in [4.78, 5) is 19.7. The fourth-order valence-corrected chi connectivity index (χ4v) is 4.89. The molecule has 1 aromatic heterocycles. The number of methoxy groups -OCH3 is 1. The lowest BCUT2D eigenvalue weighted by Crippen LogP contribution is -2.24. The third kappa shape index (κ3) is 4.82. The Kier molecular flexibility index (Phi) is 6.96. The molecule has 1 fully saturated rings. The van der Waals surface area contributed by atoms with Crippen molar-refractivity contribution < 1.29 is 14.3 Å². The van der Waals surface area contributed by atoms with Crippen LogP contribution in [0.3, 0.4) is 0 Å². The van der Waals surface area contributed by atoms with E-state index in [4.69, 9.17) is 26.1 Å². The van der Waals surface area contributed by atoms with Gasteiger partial charge in [0.05, 0.1) is 24.7 Å². The molecular formula is C29H28ClN3O3. The lowest BCUT2D eigenvalue weighted by molar-refractivity contribution is -0.117. The van der Waals surface area contributed by atoms with E-state index in [1.165, 1.54) is 0 Å². The number of rotatable bonds is 9. The van der Waals surface area contributed by atoms with Crippen molar-refractivity contribution in [2.24, 2.45) is 0 Å². The van der Waals surface area contributed by atoms with Gasteiger partial charge in [0, 0.05) is 29.6 Å². The number of hydrogen-bond donors (Lipinski definition) is 0. The minimum absolute atomic E-state index is 0.0201. The minimum atomic E-state index is -0.0201. The second-order valence-corrected chi connectivity index (χ2v) is 9.26. The van der Waals surface area contributed by atoms with E-state index in [9.17, 15) is 4.79 Å². The average Bonchev–Trinajstić information content (AvgIpc) is 3.46. The Morgan fingerprint density at radius 2 is 1.92 bits per heavy atom. The number of fused-ring (bicyclic) bond motifs is 1. The Labute approximate surface area is 215 Å². The number of carbonyl (C=O) groups excluding carboxylic acids is 1. The van der Waals surface area contributed by atoms with Gasteiger partial charge in [0.1, 0.15) is 12.4 Å². The monoisotopic (exact) mass is 501 g/mol. The van der Waals surface area contributed by atoms with E-state index < -0.39 is 0 Å². The Balaban J connectivity index is 1.37. The molecule has 2 heterocycles. The number of benzene rings is 3. The Bertz CT molecular complexity index is 1400. The van der Waals surface area contributed by atoms with Crippen molar-refractivity contribution in [3.8, 4) is 11.5 Å². The third-order valence-electron chi connectivity index (χ3n) is 6.49. The molecule has 184 valence electrons. The van der Waals surface area contributed by atoms with Gasteiger partial charge in [-0.2, -0.15) is 0 Å². The smallest absolute Gasteiger partial charge is 0.227 e. The number of halogens is 1. The second-order valence-electron chi connectivity index (χ2n) is 8.82. The summed E-state index contributed by atoms with van der Waals surface area (Å²) in [6.45, 7) is 5.40. The summed E-state index contributed by atoms with van der Waals surface area (Å²) in [5.41, 5.74) is 3.91. The first-order chi connectivity index (χ1) is 17.6. The molecular weight excluding hydrogens is 474 g/mol. The SMILES string of the molecule is C=CCc1ccc(OCCn2c(C3CC(=O)N(c4ccc(Cl)cc4)C3)nc3ccccc32)c(OC)c1. The van der Waals surface area contributed by atoms with Crippen molar-refractivity contribution >= 4 is 34.2 Å². The standard InChI is InChI=1S/C29H28ClN3O3/c1-3-6-20-9-14-26(27(17-20)35-2)36-16-15-32-25-8-5-4-7-24(25)31-29(32)21-18-28(34)33(19-21)23-12-10-22(30)11-13-23/h3-5,7-14,17,21H,1,6,15-16,18-19H2,2H3. The van der Waals surface area contributed by atoms with Crippen LogP contribution in [0.1, 0.15) is 23.7 Å². The largest absolute Gasteiger partial charge is 0.493 e. The first kappa shape index (κ1) is 23.9. The summed E-state index contributed by atoms with van der Waals surface area (Å²) in [7, 11) is 1.64. The number of hydrogen-bond acceptors (Lipinski definition) is 4. The Morgan fingerprint density at radius 3 is 2.69 bits per heavy atom. The molecule has 3 aromatic carbocycles. The molecule has 0 saturated carbocycles. The fourth-order valence-electron chi connectivity index (χ4n) is 4.76. The summed E-state index contributed by atoms with van der Waals surface area (Å²) in [6, 6.07) is 21.4. The zero-order valence-electron chi connectivity index (χ0n) is 20.2. The van der Waals surface area contributed by atoms with E-state index in [2.05, 4.69) is 17.2 Å². The van der Waals surface area contributed by atoms with Crippen LogP contribution < -0.4 is 14.4 Å². The van der Waals surface area contributed by atoms with Crippen LogP contribution in [-0.4, -0.2) is 35.7 Å². The first-order valence-corrected chi connectivity index (χ1v) is 12.4. The topological polar surface area (TPSA) is 56.6 Å². The van der Waals surface area contributed by atoms with Crippen LogP contribution in [0.5, 0.6) is 11.5 Å². The van der Waals surface area contributed by atoms with Crippen molar-refractivity contribution in [3.63, 3.8) is 0 Å². The number of ether oxygens (including phenoxy) is 2. The van der Waals surface area contributed by atoms with Gasteiger partial charge in [-0.3, -0.25) is 4.79 Å². The van der Waals surface area contributed by atoms with E-state index >= 15 is 0 Å². The Hall–Kier alpha value is -3.77. The highest BCUT2D eigenvalue weighted by atomic mass is 35.5. The molecule has 7 heteroatoms. The molecule has 0 bridgehead atoms. The van der Waals surface area contributed by atoms with E-state index in [1.54, 1.807) is 7.11 Å². The zero-order chi connectivity index (χ0) is 25.1. The maximum atomic E-state index is 12.9. The van der Waals surface area contributed by atoms with Gasteiger partial charge in [0.2, 0.25) is 5.91 Å². The van der Waals surface area contributed by atoms with Crippen molar-refractivity contribution in [2.75, 3.05) is 25.2 Å². The van der Waals surface area contributed by atoms with E-state index in [0.29, 0.717) is 42.6 Å². The molecule has 0 radical (unpaired) electrons. The number of nitrogens with zero attached hydrogens (tertiary/aromatic N) is 3.